The highest BCUT2D eigenvalue weighted by atomic mass is 35.5. The van der Waals surface area contributed by atoms with E-state index in [1.165, 1.54) is 17.0 Å². The van der Waals surface area contributed by atoms with Crippen molar-refractivity contribution < 1.29 is 18.0 Å². The SMILES string of the molecule is CC[C@H](C(=O)NC(C)C)N(Cc1ccc(Cl)cc1)C(=O)CN(c1ccc(Cl)cc1C)S(=O)(=O)c1ccccc1. The summed E-state index contributed by atoms with van der Waals surface area (Å²) in [5.74, 6) is -0.834. The summed E-state index contributed by atoms with van der Waals surface area (Å²) in [6.45, 7) is 6.81. The van der Waals surface area contributed by atoms with Gasteiger partial charge in [-0.15, -0.1) is 0 Å². The number of anilines is 1. The average molecular weight is 591 g/mol. The van der Waals surface area contributed by atoms with Gasteiger partial charge >= 0.3 is 0 Å². The molecule has 0 bridgehead atoms. The second kappa shape index (κ2) is 13.3. The van der Waals surface area contributed by atoms with Crippen molar-refractivity contribution in [3.8, 4) is 0 Å². The monoisotopic (exact) mass is 589 g/mol. The lowest BCUT2D eigenvalue weighted by atomic mass is 10.1. The highest BCUT2D eigenvalue weighted by molar-refractivity contribution is 7.92. The summed E-state index contributed by atoms with van der Waals surface area (Å²) in [4.78, 5) is 28.7. The third-order valence-electron chi connectivity index (χ3n) is 6.12. The molecular formula is C29H33Cl2N3O4S. The van der Waals surface area contributed by atoms with Crippen molar-refractivity contribution in [1.29, 1.82) is 0 Å². The molecule has 3 rings (SSSR count). The fourth-order valence-corrected chi connectivity index (χ4v) is 6.07. The number of hydrogen-bond acceptors (Lipinski definition) is 4. The maximum absolute atomic E-state index is 14.0. The fraction of sp³-hybridized carbons (Fsp3) is 0.310. The summed E-state index contributed by atoms with van der Waals surface area (Å²) < 4.78 is 28.8. The lowest BCUT2D eigenvalue weighted by Gasteiger charge is -2.34. The molecule has 0 spiro atoms. The summed E-state index contributed by atoms with van der Waals surface area (Å²) in [6.07, 6.45) is 0.337. The van der Waals surface area contributed by atoms with Crippen LogP contribution in [0.5, 0.6) is 0 Å². The first kappa shape index (κ1) is 30.5. The van der Waals surface area contributed by atoms with Crippen molar-refractivity contribution in [2.45, 2.75) is 57.6 Å². The van der Waals surface area contributed by atoms with Gasteiger partial charge in [0.1, 0.15) is 12.6 Å². The highest BCUT2D eigenvalue weighted by Crippen LogP contribution is 2.29. The molecule has 39 heavy (non-hydrogen) atoms. The Morgan fingerprint density at radius 2 is 1.54 bits per heavy atom. The van der Waals surface area contributed by atoms with Gasteiger partial charge in [0.25, 0.3) is 10.0 Å². The Bertz CT molecular complexity index is 1400. The van der Waals surface area contributed by atoms with Crippen LogP contribution in [0, 0.1) is 6.92 Å². The number of amides is 2. The Labute approximate surface area is 240 Å². The first-order valence-corrected chi connectivity index (χ1v) is 14.8. The standard InChI is InChI=1S/C29H33Cl2N3O4S/c1-5-26(29(36)32-20(2)3)33(18-22-11-13-23(30)14-12-22)28(35)19-34(27-16-15-24(31)17-21(27)4)39(37,38)25-9-7-6-8-10-25/h6-17,20,26H,5,18-19H2,1-4H3,(H,32,36)/t26-/m1/s1. The lowest BCUT2D eigenvalue weighted by Crippen LogP contribution is -2.53. The van der Waals surface area contributed by atoms with Crippen LogP contribution in [0.4, 0.5) is 5.69 Å². The minimum Gasteiger partial charge on any atom is -0.352 e. The van der Waals surface area contributed by atoms with Crippen LogP contribution in [0.15, 0.2) is 77.7 Å². The molecule has 0 heterocycles. The van der Waals surface area contributed by atoms with Crippen LogP contribution in [-0.2, 0) is 26.2 Å². The quantitative estimate of drug-likeness (QED) is 0.305. The molecule has 0 saturated heterocycles. The molecule has 2 amide bonds. The van der Waals surface area contributed by atoms with E-state index in [1.807, 2.05) is 20.8 Å². The molecule has 1 atom stereocenters. The Morgan fingerprint density at radius 3 is 2.10 bits per heavy atom. The zero-order valence-electron chi connectivity index (χ0n) is 22.4. The molecule has 3 aromatic rings. The number of hydrogen-bond donors (Lipinski definition) is 1. The largest absolute Gasteiger partial charge is 0.352 e. The summed E-state index contributed by atoms with van der Waals surface area (Å²) in [6, 6.07) is 18.7. The maximum atomic E-state index is 14.0. The molecule has 0 unspecified atom stereocenters. The molecule has 0 saturated carbocycles. The van der Waals surface area contributed by atoms with Gasteiger partial charge in [0.15, 0.2) is 0 Å². The van der Waals surface area contributed by atoms with E-state index in [0.717, 1.165) is 9.87 Å². The third-order valence-corrected chi connectivity index (χ3v) is 8.38. The topological polar surface area (TPSA) is 86.8 Å². The van der Waals surface area contributed by atoms with E-state index in [1.54, 1.807) is 67.6 Å². The van der Waals surface area contributed by atoms with Gasteiger partial charge in [-0.25, -0.2) is 8.42 Å². The highest BCUT2D eigenvalue weighted by Gasteiger charge is 2.34. The van der Waals surface area contributed by atoms with Gasteiger partial charge in [-0.05, 0) is 80.8 Å². The average Bonchev–Trinajstić information content (AvgIpc) is 2.88. The van der Waals surface area contributed by atoms with E-state index in [-0.39, 0.29) is 23.4 Å². The van der Waals surface area contributed by atoms with Gasteiger partial charge in [-0.3, -0.25) is 13.9 Å². The first-order chi connectivity index (χ1) is 18.4. The van der Waals surface area contributed by atoms with Crippen molar-refractivity contribution in [3.63, 3.8) is 0 Å². The summed E-state index contributed by atoms with van der Waals surface area (Å²) in [5.41, 5.74) is 1.66. The molecule has 10 heteroatoms. The number of carbonyl (C=O) groups is 2. The van der Waals surface area contributed by atoms with Crippen molar-refractivity contribution in [2.75, 3.05) is 10.8 Å². The zero-order valence-corrected chi connectivity index (χ0v) is 24.7. The molecule has 0 aliphatic rings. The Hall–Kier alpha value is -3.07. The zero-order chi connectivity index (χ0) is 28.7. The summed E-state index contributed by atoms with van der Waals surface area (Å²) >= 11 is 12.2. The minimum atomic E-state index is -4.14. The molecule has 0 radical (unpaired) electrons. The van der Waals surface area contributed by atoms with Crippen LogP contribution in [0.3, 0.4) is 0 Å². The number of halogens is 2. The van der Waals surface area contributed by atoms with Crippen molar-refractivity contribution in [1.82, 2.24) is 10.2 Å². The number of benzene rings is 3. The fourth-order valence-electron chi connectivity index (χ4n) is 4.22. The van der Waals surface area contributed by atoms with Gasteiger partial charge in [0.05, 0.1) is 10.6 Å². The third kappa shape index (κ3) is 7.75. The van der Waals surface area contributed by atoms with Crippen molar-refractivity contribution in [3.05, 3.63) is 94.0 Å². The van der Waals surface area contributed by atoms with Crippen LogP contribution < -0.4 is 9.62 Å². The lowest BCUT2D eigenvalue weighted by molar-refractivity contribution is -0.140. The Kier molecular flexibility index (Phi) is 10.4. The number of aryl methyl sites for hydroxylation is 1. The molecule has 0 aliphatic carbocycles. The number of nitrogens with zero attached hydrogens (tertiary/aromatic N) is 2. The van der Waals surface area contributed by atoms with Crippen LogP contribution in [0.2, 0.25) is 10.0 Å². The van der Waals surface area contributed by atoms with Crippen LogP contribution >= 0.6 is 23.2 Å². The van der Waals surface area contributed by atoms with E-state index in [9.17, 15) is 18.0 Å². The van der Waals surface area contributed by atoms with Crippen LogP contribution in [0.25, 0.3) is 0 Å². The molecule has 3 aromatic carbocycles. The second-order valence-electron chi connectivity index (χ2n) is 9.49. The van der Waals surface area contributed by atoms with Crippen molar-refractivity contribution >= 4 is 50.7 Å². The molecule has 0 aromatic heterocycles. The number of rotatable bonds is 11. The van der Waals surface area contributed by atoms with E-state index < -0.39 is 28.5 Å². The molecule has 0 aliphatic heterocycles. The minimum absolute atomic E-state index is 0.0426. The second-order valence-corrected chi connectivity index (χ2v) is 12.2. The number of sulfonamides is 1. The predicted molar refractivity (Wildman–Crippen MR) is 157 cm³/mol. The molecule has 208 valence electrons. The van der Waals surface area contributed by atoms with E-state index >= 15 is 0 Å². The Morgan fingerprint density at radius 1 is 0.923 bits per heavy atom. The molecular weight excluding hydrogens is 557 g/mol. The number of nitrogens with one attached hydrogen (secondary N) is 1. The first-order valence-electron chi connectivity index (χ1n) is 12.6. The molecule has 1 N–H and O–H groups in total. The predicted octanol–water partition coefficient (Wildman–Crippen LogP) is 5.83. The van der Waals surface area contributed by atoms with Gasteiger partial charge < -0.3 is 10.2 Å². The summed E-state index contributed by atoms with van der Waals surface area (Å²) in [7, 11) is -4.14. The van der Waals surface area contributed by atoms with Gasteiger partial charge in [-0.2, -0.15) is 0 Å². The van der Waals surface area contributed by atoms with E-state index in [4.69, 9.17) is 23.2 Å². The normalized spacial score (nSPS) is 12.2. The van der Waals surface area contributed by atoms with E-state index in [2.05, 4.69) is 5.32 Å². The van der Waals surface area contributed by atoms with Gasteiger partial charge in [0.2, 0.25) is 11.8 Å². The Balaban J connectivity index is 2.08. The number of carbonyl (C=O) groups excluding carboxylic acids is 2. The maximum Gasteiger partial charge on any atom is 0.264 e. The molecule has 7 nitrogen and oxygen atoms in total. The van der Waals surface area contributed by atoms with Gasteiger partial charge in [0, 0.05) is 22.6 Å². The summed E-state index contributed by atoms with van der Waals surface area (Å²) in [5, 5.41) is 3.87. The van der Waals surface area contributed by atoms with Crippen LogP contribution in [-0.4, -0.2) is 43.8 Å². The smallest absolute Gasteiger partial charge is 0.264 e. The van der Waals surface area contributed by atoms with Crippen molar-refractivity contribution in [2.24, 2.45) is 0 Å². The van der Waals surface area contributed by atoms with Crippen LogP contribution in [0.1, 0.15) is 38.3 Å². The van der Waals surface area contributed by atoms with Gasteiger partial charge in [-0.1, -0.05) is 60.5 Å². The molecule has 0 fully saturated rings. The van der Waals surface area contributed by atoms with E-state index in [0.29, 0.717) is 27.7 Å².